The fourth-order valence-electron chi connectivity index (χ4n) is 2.49. The summed E-state index contributed by atoms with van der Waals surface area (Å²) in [7, 11) is -3.20. The van der Waals surface area contributed by atoms with Gasteiger partial charge in [-0.1, -0.05) is 28.1 Å². The zero-order chi connectivity index (χ0) is 20.1. The number of halogens is 1. The summed E-state index contributed by atoms with van der Waals surface area (Å²) in [6.07, 6.45) is 1.66. The van der Waals surface area contributed by atoms with Crippen LogP contribution >= 0.6 is 27.3 Å². The molecule has 0 saturated carbocycles. The van der Waals surface area contributed by atoms with Gasteiger partial charge in [-0.15, -0.1) is 11.3 Å². The predicted molar refractivity (Wildman–Crippen MR) is 114 cm³/mol. The molecule has 0 atom stereocenters. The van der Waals surface area contributed by atoms with E-state index in [4.69, 9.17) is 4.42 Å². The van der Waals surface area contributed by atoms with Gasteiger partial charge in [0, 0.05) is 21.5 Å². The first kappa shape index (κ1) is 20.8. The van der Waals surface area contributed by atoms with E-state index in [2.05, 4.69) is 26.0 Å². The van der Waals surface area contributed by atoms with Crippen molar-refractivity contribution >= 4 is 43.2 Å². The van der Waals surface area contributed by atoms with E-state index in [1.54, 1.807) is 6.07 Å². The van der Waals surface area contributed by atoms with Gasteiger partial charge in [-0.05, 0) is 42.8 Å². The number of thiophene rings is 1. The van der Waals surface area contributed by atoms with Crippen LogP contribution < -0.4 is 10.0 Å². The largest absolute Gasteiger partial charge is 0.459 e. The Balaban J connectivity index is 1.52. The number of carbonyl (C=O) groups is 1. The van der Waals surface area contributed by atoms with Gasteiger partial charge in [-0.3, -0.25) is 4.79 Å². The molecule has 0 radical (unpaired) electrons. The van der Waals surface area contributed by atoms with Crippen LogP contribution in [0.5, 0.6) is 0 Å². The number of hydrogen-bond acceptors (Lipinski definition) is 5. The SMILES string of the molecule is CS(=O)(=O)NCCc1ccc(C(=O)NCc2ccc(-c3ccc(Br)cc3)o2)s1. The van der Waals surface area contributed by atoms with Crippen LogP contribution in [0.4, 0.5) is 0 Å². The summed E-state index contributed by atoms with van der Waals surface area (Å²) in [6, 6.07) is 15.1. The molecule has 3 aromatic rings. The summed E-state index contributed by atoms with van der Waals surface area (Å²) in [4.78, 5) is 13.8. The molecule has 0 aliphatic heterocycles. The highest BCUT2D eigenvalue weighted by atomic mass is 79.9. The number of furan rings is 1. The average molecular weight is 483 g/mol. The van der Waals surface area contributed by atoms with Gasteiger partial charge < -0.3 is 9.73 Å². The van der Waals surface area contributed by atoms with Gasteiger partial charge >= 0.3 is 0 Å². The van der Waals surface area contributed by atoms with Crippen LogP contribution in [0.15, 0.2) is 57.4 Å². The molecule has 1 aromatic carbocycles. The molecule has 0 unspecified atom stereocenters. The van der Waals surface area contributed by atoms with Crippen LogP contribution in [-0.4, -0.2) is 27.1 Å². The maximum Gasteiger partial charge on any atom is 0.261 e. The lowest BCUT2D eigenvalue weighted by Crippen LogP contribution is -2.24. The highest BCUT2D eigenvalue weighted by Gasteiger charge is 2.11. The van der Waals surface area contributed by atoms with Gasteiger partial charge in [0.05, 0.1) is 17.7 Å². The van der Waals surface area contributed by atoms with Gasteiger partial charge in [0.2, 0.25) is 10.0 Å². The van der Waals surface area contributed by atoms with E-state index in [-0.39, 0.29) is 12.5 Å². The first-order valence-electron chi connectivity index (χ1n) is 8.46. The minimum atomic E-state index is -3.20. The Hall–Kier alpha value is -1.94. The van der Waals surface area contributed by atoms with Crippen LogP contribution in [0.25, 0.3) is 11.3 Å². The van der Waals surface area contributed by atoms with Crippen LogP contribution in [0.2, 0.25) is 0 Å². The molecular formula is C19H19BrN2O4S2. The molecule has 0 bridgehead atoms. The maximum atomic E-state index is 12.3. The van der Waals surface area contributed by atoms with Gasteiger partial charge in [-0.25, -0.2) is 13.1 Å². The van der Waals surface area contributed by atoms with Crippen molar-refractivity contribution < 1.29 is 17.6 Å². The fourth-order valence-corrected chi connectivity index (χ4v) is 4.15. The van der Waals surface area contributed by atoms with E-state index in [1.807, 2.05) is 42.5 Å². The Labute approximate surface area is 176 Å². The molecule has 2 N–H and O–H groups in total. The van der Waals surface area contributed by atoms with Crippen LogP contribution in [0.3, 0.4) is 0 Å². The number of nitrogens with one attached hydrogen (secondary N) is 2. The quantitative estimate of drug-likeness (QED) is 0.510. The van der Waals surface area contributed by atoms with Crippen molar-refractivity contribution in [2.45, 2.75) is 13.0 Å². The normalized spacial score (nSPS) is 11.5. The number of benzene rings is 1. The molecule has 148 valence electrons. The molecule has 0 spiro atoms. The van der Waals surface area contributed by atoms with Crippen molar-refractivity contribution in [1.29, 1.82) is 0 Å². The summed E-state index contributed by atoms with van der Waals surface area (Å²) in [6.45, 7) is 0.601. The summed E-state index contributed by atoms with van der Waals surface area (Å²) in [5.74, 6) is 1.22. The lowest BCUT2D eigenvalue weighted by atomic mass is 10.2. The Morgan fingerprint density at radius 3 is 2.57 bits per heavy atom. The van der Waals surface area contributed by atoms with E-state index in [0.717, 1.165) is 26.9 Å². The summed E-state index contributed by atoms with van der Waals surface area (Å²) in [5.41, 5.74) is 0.964. The lowest BCUT2D eigenvalue weighted by molar-refractivity contribution is 0.0952. The first-order chi connectivity index (χ1) is 13.3. The molecule has 2 aromatic heterocycles. The summed E-state index contributed by atoms with van der Waals surface area (Å²) in [5, 5.41) is 2.84. The molecular weight excluding hydrogens is 464 g/mol. The van der Waals surface area contributed by atoms with Crippen molar-refractivity contribution in [2.24, 2.45) is 0 Å². The third kappa shape index (κ3) is 6.03. The second-order valence-corrected chi connectivity index (χ2v) is 10.1. The molecule has 0 aliphatic carbocycles. The molecule has 9 heteroatoms. The van der Waals surface area contributed by atoms with Gasteiger partial charge in [0.1, 0.15) is 11.5 Å². The van der Waals surface area contributed by atoms with E-state index < -0.39 is 10.0 Å². The molecule has 0 aliphatic rings. The minimum absolute atomic E-state index is 0.186. The number of amides is 1. The standard InChI is InChI=1S/C19H19BrN2O4S2/c1-28(24,25)22-11-10-16-7-9-18(27-16)19(23)21-12-15-6-8-17(26-15)13-2-4-14(20)5-3-13/h2-9,22H,10-12H2,1H3,(H,21,23). The zero-order valence-corrected chi connectivity index (χ0v) is 18.3. The highest BCUT2D eigenvalue weighted by Crippen LogP contribution is 2.24. The Bertz CT molecular complexity index is 1060. The van der Waals surface area contributed by atoms with Crippen LogP contribution in [-0.2, 0) is 23.0 Å². The van der Waals surface area contributed by atoms with Crippen molar-refractivity contribution in [1.82, 2.24) is 10.0 Å². The monoisotopic (exact) mass is 482 g/mol. The highest BCUT2D eigenvalue weighted by molar-refractivity contribution is 9.10. The molecule has 28 heavy (non-hydrogen) atoms. The topological polar surface area (TPSA) is 88.4 Å². The van der Waals surface area contributed by atoms with E-state index in [0.29, 0.717) is 23.6 Å². The fraction of sp³-hybridized carbons (Fsp3) is 0.211. The van der Waals surface area contributed by atoms with Gasteiger partial charge in [0.25, 0.3) is 5.91 Å². The van der Waals surface area contributed by atoms with Crippen molar-refractivity contribution in [2.75, 3.05) is 12.8 Å². The van der Waals surface area contributed by atoms with Crippen molar-refractivity contribution in [3.63, 3.8) is 0 Å². The Morgan fingerprint density at radius 2 is 1.86 bits per heavy atom. The first-order valence-corrected chi connectivity index (χ1v) is 12.0. The van der Waals surface area contributed by atoms with Crippen LogP contribution in [0.1, 0.15) is 20.3 Å². The van der Waals surface area contributed by atoms with Gasteiger partial charge in [0.15, 0.2) is 0 Å². The third-order valence-corrected chi connectivity index (χ3v) is 6.24. The second kappa shape index (κ2) is 9.04. The van der Waals surface area contributed by atoms with Crippen molar-refractivity contribution in [3.05, 3.63) is 68.5 Å². The third-order valence-electron chi connectivity index (χ3n) is 3.83. The molecule has 1 amide bonds. The van der Waals surface area contributed by atoms with Crippen molar-refractivity contribution in [3.8, 4) is 11.3 Å². The number of hydrogen-bond donors (Lipinski definition) is 2. The van der Waals surface area contributed by atoms with Crippen LogP contribution in [0, 0.1) is 0 Å². The van der Waals surface area contributed by atoms with E-state index in [9.17, 15) is 13.2 Å². The molecule has 0 saturated heterocycles. The molecule has 0 fully saturated rings. The molecule has 6 nitrogen and oxygen atoms in total. The lowest BCUT2D eigenvalue weighted by Gasteiger charge is -2.02. The second-order valence-electron chi connectivity index (χ2n) is 6.14. The number of carbonyl (C=O) groups excluding carboxylic acids is 1. The van der Waals surface area contributed by atoms with Gasteiger partial charge in [-0.2, -0.15) is 0 Å². The Morgan fingerprint density at radius 1 is 1.11 bits per heavy atom. The summed E-state index contributed by atoms with van der Waals surface area (Å²) < 4.78 is 31.4. The number of sulfonamides is 1. The summed E-state index contributed by atoms with van der Waals surface area (Å²) >= 11 is 4.75. The average Bonchev–Trinajstić information content (AvgIpc) is 3.29. The zero-order valence-electron chi connectivity index (χ0n) is 15.1. The van der Waals surface area contributed by atoms with E-state index in [1.165, 1.54) is 11.3 Å². The molecule has 2 heterocycles. The van der Waals surface area contributed by atoms with E-state index >= 15 is 0 Å². The minimum Gasteiger partial charge on any atom is -0.459 e. The Kier molecular flexibility index (Phi) is 6.71. The predicted octanol–water partition coefficient (Wildman–Crippen LogP) is 3.79. The number of rotatable bonds is 8. The maximum absolute atomic E-state index is 12.3. The smallest absolute Gasteiger partial charge is 0.261 e. The molecule has 3 rings (SSSR count).